The summed E-state index contributed by atoms with van der Waals surface area (Å²) >= 11 is 0. The second-order valence-corrected chi connectivity index (χ2v) is 5.32. The van der Waals surface area contributed by atoms with Crippen molar-refractivity contribution in [3.63, 3.8) is 0 Å². The van der Waals surface area contributed by atoms with Crippen molar-refractivity contribution >= 4 is 10.0 Å². The zero-order chi connectivity index (χ0) is 14.9. The van der Waals surface area contributed by atoms with Crippen LogP contribution in [0, 0.1) is 23.0 Å². The molecule has 0 radical (unpaired) electrons. The summed E-state index contributed by atoms with van der Waals surface area (Å²) in [5.74, 6) is -1.63. The first-order chi connectivity index (χ1) is 9.34. The van der Waals surface area contributed by atoms with Crippen LogP contribution in [0.4, 0.5) is 8.78 Å². The summed E-state index contributed by atoms with van der Waals surface area (Å²) in [5.41, 5.74) is -0.700. The van der Waals surface area contributed by atoms with E-state index in [1.165, 1.54) is 12.1 Å². The van der Waals surface area contributed by atoms with Gasteiger partial charge in [0.1, 0.15) is 28.2 Å². The first-order valence-electron chi connectivity index (χ1n) is 5.22. The van der Waals surface area contributed by atoms with Gasteiger partial charge in [-0.15, -0.1) is 0 Å². The van der Waals surface area contributed by atoms with Gasteiger partial charge in [-0.2, -0.15) is 5.26 Å². The number of primary sulfonamides is 1. The normalized spacial score (nSPS) is 11.1. The van der Waals surface area contributed by atoms with Crippen LogP contribution in [-0.4, -0.2) is 13.4 Å². The number of rotatable bonds is 2. The second-order valence-electron chi connectivity index (χ2n) is 3.82. The Hall–Kier alpha value is -2.37. The van der Waals surface area contributed by atoms with Crippen LogP contribution in [-0.2, 0) is 10.0 Å². The monoisotopic (exact) mass is 295 g/mol. The van der Waals surface area contributed by atoms with E-state index in [1.54, 1.807) is 0 Å². The molecule has 0 saturated heterocycles. The van der Waals surface area contributed by atoms with Crippen LogP contribution in [0.15, 0.2) is 35.4 Å². The summed E-state index contributed by atoms with van der Waals surface area (Å²) < 4.78 is 49.5. The molecular weight excluding hydrogens is 288 g/mol. The first kappa shape index (κ1) is 14.0. The lowest BCUT2D eigenvalue weighted by Gasteiger charge is -2.09. The molecule has 0 unspecified atom stereocenters. The smallest absolute Gasteiger partial charge is 0.240 e. The van der Waals surface area contributed by atoms with Gasteiger partial charge in [0.05, 0.1) is 11.9 Å². The van der Waals surface area contributed by atoms with E-state index < -0.39 is 32.1 Å². The molecule has 0 atom stereocenters. The van der Waals surface area contributed by atoms with Crippen molar-refractivity contribution in [2.45, 2.75) is 4.90 Å². The Labute approximate surface area is 113 Å². The number of pyridine rings is 1. The van der Waals surface area contributed by atoms with E-state index in [2.05, 4.69) is 4.98 Å². The lowest BCUT2D eigenvalue weighted by molar-refractivity contribution is 0.591. The average Bonchev–Trinajstić information content (AvgIpc) is 2.38. The van der Waals surface area contributed by atoms with Crippen LogP contribution in [0.2, 0.25) is 0 Å². The van der Waals surface area contributed by atoms with Crippen molar-refractivity contribution in [1.82, 2.24) is 4.98 Å². The summed E-state index contributed by atoms with van der Waals surface area (Å²) in [5, 5.41) is 13.9. The van der Waals surface area contributed by atoms with E-state index >= 15 is 0 Å². The highest BCUT2D eigenvalue weighted by atomic mass is 32.2. The van der Waals surface area contributed by atoms with Gasteiger partial charge in [0, 0.05) is 5.56 Å². The van der Waals surface area contributed by atoms with Gasteiger partial charge in [-0.3, -0.25) is 4.98 Å². The largest absolute Gasteiger partial charge is 0.253 e. The quantitative estimate of drug-likeness (QED) is 0.908. The molecule has 2 aromatic rings. The minimum absolute atomic E-state index is 0.0620. The Morgan fingerprint density at radius 3 is 2.40 bits per heavy atom. The third kappa shape index (κ3) is 2.49. The molecule has 0 aliphatic carbocycles. The van der Waals surface area contributed by atoms with Gasteiger partial charge in [-0.05, 0) is 24.3 Å². The fourth-order valence-corrected chi connectivity index (χ4v) is 2.60. The van der Waals surface area contributed by atoms with Gasteiger partial charge in [0.15, 0.2) is 0 Å². The van der Waals surface area contributed by atoms with Gasteiger partial charge >= 0.3 is 0 Å². The average molecular weight is 295 g/mol. The summed E-state index contributed by atoms with van der Waals surface area (Å²) in [6.07, 6.45) is 0.873. The molecular formula is C12H7F2N3O2S. The maximum atomic E-state index is 13.5. The van der Waals surface area contributed by atoms with E-state index in [1.807, 2.05) is 0 Å². The van der Waals surface area contributed by atoms with Crippen LogP contribution in [0.3, 0.4) is 0 Å². The summed E-state index contributed by atoms with van der Waals surface area (Å²) in [6, 6.07) is 5.77. The van der Waals surface area contributed by atoms with Crippen LogP contribution >= 0.6 is 0 Å². The molecule has 102 valence electrons. The molecule has 0 spiro atoms. The molecule has 0 fully saturated rings. The molecule has 0 aliphatic heterocycles. The van der Waals surface area contributed by atoms with Gasteiger partial charge in [0.2, 0.25) is 10.0 Å². The van der Waals surface area contributed by atoms with E-state index in [0.29, 0.717) is 0 Å². The predicted molar refractivity (Wildman–Crippen MR) is 65.7 cm³/mol. The number of aromatic nitrogens is 1. The Bertz CT molecular complexity index is 812. The van der Waals surface area contributed by atoms with E-state index in [9.17, 15) is 17.2 Å². The first-order valence-corrected chi connectivity index (χ1v) is 6.76. The summed E-state index contributed by atoms with van der Waals surface area (Å²) in [4.78, 5) is 3.03. The van der Waals surface area contributed by atoms with Crippen LogP contribution in [0.25, 0.3) is 11.3 Å². The molecule has 1 heterocycles. The number of nitrogens with two attached hydrogens (primary N) is 1. The highest BCUT2D eigenvalue weighted by Gasteiger charge is 2.24. The van der Waals surface area contributed by atoms with Gasteiger partial charge < -0.3 is 0 Å². The number of nitriles is 1. The van der Waals surface area contributed by atoms with Crippen molar-refractivity contribution in [2.75, 3.05) is 0 Å². The Morgan fingerprint density at radius 1 is 1.20 bits per heavy atom. The van der Waals surface area contributed by atoms with E-state index in [0.717, 1.165) is 24.4 Å². The summed E-state index contributed by atoms with van der Waals surface area (Å²) in [6.45, 7) is 0. The molecule has 2 N–H and O–H groups in total. The summed E-state index contributed by atoms with van der Waals surface area (Å²) in [7, 11) is -4.35. The third-order valence-corrected chi connectivity index (χ3v) is 3.50. The van der Waals surface area contributed by atoms with Crippen molar-refractivity contribution in [2.24, 2.45) is 5.14 Å². The topological polar surface area (TPSA) is 96.8 Å². The molecule has 8 heteroatoms. The van der Waals surface area contributed by atoms with Crippen molar-refractivity contribution in [1.29, 1.82) is 5.26 Å². The molecule has 0 aliphatic rings. The second kappa shape index (κ2) is 4.96. The third-order valence-electron chi connectivity index (χ3n) is 2.51. The minimum Gasteiger partial charge on any atom is -0.253 e. The van der Waals surface area contributed by atoms with Crippen LogP contribution in [0.5, 0.6) is 0 Å². The number of sulfonamides is 1. The maximum absolute atomic E-state index is 13.5. The fraction of sp³-hybridized carbons (Fsp3) is 0. The van der Waals surface area contributed by atoms with Gasteiger partial charge in [-0.25, -0.2) is 22.3 Å². The zero-order valence-electron chi connectivity index (χ0n) is 9.84. The van der Waals surface area contributed by atoms with Gasteiger partial charge in [-0.1, -0.05) is 0 Å². The highest BCUT2D eigenvalue weighted by molar-refractivity contribution is 7.89. The molecule has 5 nitrogen and oxygen atoms in total. The Kier molecular flexibility index (Phi) is 3.48. The zero-order valence-corrected chi connectivity index (χ0v) is 10.7. The molecule has 20 heavy (non-hydrogen) atoms. The number of halogens is 2. The maximum Gasteiger partial charge on any atom is 0.240 e. The molecule has 0 saturated carbocycles. The van der Waals surface area contributed by atoms with Crippen LogP contribution in [0.1, 0.15) is 5.56 Å². The SMILES string of the molecule is N#Cc1c(F)ccc(-c2ccc(F)cn2)c1S(N)(=O)=O. The highest BCUT2D eigenvalue weighted by Crippen LogP contribution is 2.29. The molecule has 0 amide bonds. The van der Waals surface area contributed by atoms with Crippen molar-refractivity contribution in [3.8, 4) is 17.3 Å². The number of hydrogen-bond donors (Lipinski definition) is 1. The molecule has 1 aromatic carbocycles. The Balaban J connectivity index is 2.85. The number of benzene rings is 1. The lowest BCUT2D eigenvalue weighted by atomic mass is 10.1. The molecule has 1 aromatic heterocycles. The Morgan fingerprint density at radius 2 is 1.90 bits per heavy atom. The minimum atomic E-state index is -4.35. The van der Waals surface area contributed by atoms with E-state index in [4.69, 9.17) is 10.4 Å². The standard InChI is InChI=1S/C12H7F2N3O2S/c13-7-1-4-11(17-6-7)8-2-3-10(14)9(5-15)12(8)20(16,18)19/h1-4,6H,(H2,16,18,19). The molecule has 0 bridgehead atoms. The number of hydrogen-bond acceptors (Lipinski definition) is 4. The van der Waals surface area contributed by atoms with Gasteiger partial charge in [0.25, 0.3) is 0 Å². The number of nitrogens with zero attached hydrogens (tertiary/aromatic N) is 2. The van der Waals surface area contributed by atoms with Crippen molar-refractivity contribution in [3.05, 3.63) is 47.7 Å². The fourth-order valence-electron chi connectivity index (χ4n) is 1.70. The van der Waals surface area contributed by atoms with Crippen molar-refractivity contribution < 1.29 is 17.2 Å². The lowest BCUT2D eigenvalue weighted by Crippen LogP contribution is -2.16. The van der Waals surface area contributed by atoms with E-state index in [-0.39, 0.29) is 11.3 Å². The molecule has 2 rings (SSSR count). The van der Waals surface area contributed by atoms with Crippen LogP contribution < -0.4 is 5.14 Å². The predicted octanol–water partition coefficient (Wildman–Crippen LogP) is 1.55.